The number of pyridine rings is 1. The first-order chi connectivity index (χ1) is 19.4. The summed E-state index contributed by atoms with van der Waals surface area (Å²) in [6.07, 6.45) is 4.94. The number of nitrogens with zero attached hydrogens (tertiary/aromatic N) is 6. The predicted octanol–water partition coefficient (Wildman–Crippen LogP) is 4.80. The number of amides is 2. The molecule has 0 spiro atoms. The maximum atomic E-state index is 13.9. The third-order valence-corrected chi connectivity index (χ3v) is 8.74. The Kier molecular flexibility index (Phi) is 6.52. The molecule has 3 atom stereocenters. The van der Waals surface area contributed by atoms with Crippen molar-refractivity contribution in [2.24, 2.45) is 5.41 Å². The Morgan fingerprint density at radius 2 is 1.78 bits per heavy atom. The quantitative estimate of drug-likeness (QED) is 0.244. The van der Waals surface area contributed by atoms with Gasteiger partial charge in [0.15, 0.2) is 5.78 Å². The summed E-state index contributed by atoms with van der Waals surface area (Å²) in [7, 11) is 0. The summed E-state index contributed by atoms with van der Waals surface area (Å²) in [5.41, 5.74) is 4.32. The van der Waals surface area contributed by atoms with Crippen molar-refractivity contribution in [1.29, 1.82) is 0 Å². The zero-order valence-electron chi connectivity index (χ0n) is 23.5. The van der Waals surface area contributed by atoms with Gasteiger partial charge in [-0.3, -0.25) is 19.1 Å². The normalized spacial score (nSPS) is 21.2. The van der Waals surface area contributed by atoms with E-state index >= 15 is 0 Å². The van der Waals surface area contributed by atoms with Gasteiger partial charge in [-0.2, -0.15) is 5.10 Å². The minimum atomic E-state index is -0.616. The van der Waals surface area contributed by atoms with E-state index in [2.05, 4.69) is 48.2 Å². The zero-order valence-corrected chi connectivity index (χ0v) is 25.1. The molecule has 210 valence electrons. The van der Waals surface area contributed by atoms with E-state index in [-0.39, 0.29) is 35.6 Å². The van der Waals surface area contributed by atoms with Crippen LogP contribution in [0.4, 0.5) is 5.82 Å². The number of anilines is 1. The van der Waals surface area contributed by atoms with Crippen LogP contribution in [-0.4, -0.2) is 59.3 Å². The fraction of sp³-hybridized carbons (Fsp3) is 0.367. The van der Waals surface area contributed by atoms with Crippen LogP contribution in [0, 0.1) is 26.2 Å². The Morgan fingerprint density at radius 1 is 1.05 bits per heavy atom. The van der Waals surface area contributed by atoms with Crippen molar-refractivity contribution < 1.29 is 14.4 Å². The number of aromatic nitrogens is 5. The van der Waals surface area contributed by atoms with Crippen molar-refractivity contribution in [2.75, 3.05) is 5.32 Å². The minimum Gasteiger partial charge on any atom is -0.325 e. The first-order valence-corrected chi connectivity index (χ1v) is 14.3. The molecule has 3 aromatic heterocycles. The first kappa shape index (κ1) is 27.2. The number of benzene rings is 1. The SMILES string of the molecule is CC(=O)c1nn(CC(=O)N2C3C[C@]3(C)C[C@H]2C(=O)Nc2nc(Br)ccc2C)c2c(C)cc(-c3cnc(C)nc3)cc12. The molecular formula is C30H30BrN7O3. The number of Topliss-reactive ketones (excluding diaryl/α,β-unsaturated/α-hetero) is 1. The summed E-state index contributed by atoms with van der Waals surface area (Å²) in [6.45, 7) is 9.14. The van der Waals surface area contributed by atoms with Gasteiger partial charge in [0.2, 0.25) is 11.8 Å². The Labute approximate surface area is 245 Å². The predicted molar refractivity (Wildman–Crippen MR) is 157 cm³/mol. The first-order valence-electron chi connectivity index (χ1n) is 13.5. The molecule has 1 aliphatic heterocycles. The lowest BCUT2D eigenvalue weighted by Gasteiger charge is -2.27. The number of piperidine rings is 1. The molecule has 6 rings (SSSR count). The summed E-state index contributed by atoms with van der Waals surface area (Å²) >= 11 is 3.36. The maximum Gasteiger partial charge on any atom is 0.248 e. The van der Waals surface area contributed by atoms with Crippen LogP contribution in [0.2, 0.25) is 0 Å². The number of rotatable bonds is 6. The van der Waals surface area contributed by atoms with Crippen molar-refractivity contribution in [3.8, 4) is 11.1 Å². The van der Waals surface area contributed by atoms with Crippen molar-refractivity contribution in [3.05, 3.63) is 63.9 Å². The van der Waals surface area contributed by atoms with Gasteiger partial charge in [0, 0.05) is 36.3 Å². The van der Waals surface area contributed by atoms with E-state index < -0.39 is 6.04 Å². The monoisotopic (exact) mass is 615 g/mol. The molecule has 0 radical (unpaired) electrons. The van der Waals surface area contributed by atoms with Gasteiger partial charge in [-0.15, -0.1) is 0 Å². The second kappa shape index (κ2) is 9.83. The van der Waals surface area contributed by atoms with E-state index in [1.165, 1.54) is 6.92 Å². The van der Waals surface area contributed by atoms with Crippen LogP contribution in [0.25, 0.3) is 22.0 Å². The fourth-order valence-corrected chi connectivity index (χ4v) is 6.32. The van der Waals surface area contributed by atoms with E-state index in [0.717, 1.165) is 28.7 Å². The molecule has 2 amide bonds. The number of ketones is 1. The molecule has 1 saturated heterocycles. The Morgan fingerprint density at radius 3 is 2.49 bits per heavy atom. The largest absolute Gasteiger partial charge is 0.325 e. The molecule has 10 nitrogen and oxygen atoms in total. The molecule has 1 N–H and O–H groups in total. The van der Waals surface area contributed by atoms with Crippen LogP contribution < -0.4 is 5.32 Å². The molecule has 1 aliphatic carbocycles. The fourth-order valence-electron chi connectivity index (χ4n) is 6.01. The molecule has 4 aromatic rings. The highest BCUT2D eigenvalue weighted by Gasteiger charge is 2.64. The smallest absolute Gasteiger partial charge is 0.248 e. The topological polar surface area (TPSA) is 123 Å². The van der Waals surface area contributed by atoms with E-state index in [4.69, 9.17) is 0 Å². The van der Waals surface area contributed by atoms with Crippen LogP contribution in [0.1, 0.15) is 54.1 Å². The highest BCUT2D eigenvalue weighted by atomic mass is 79.9. The zero-order chi connectivity index (χ0) is 29.2. The average Bonchev–Trinajstić information content (AvgIpc) is 3.27. The highest BCUT2D eigenvalue weighted by molar-refractivity contribution is 9.10. The standard InChI is InChI=1S/C30H30BrN7O3/c1-15-6-7-24(31)34-28(15)35-29(41)22-10-30(5)11-23(30)38(22)25(40)14-37-27-16(2)8-19(20-12-32-18(4)33-13-20)9-21(27)26(36-37)17(3)39/h6-9,12-13,22-23H,10-11,14H2,1-5H3,(H,34,35,41)/t22-,23?,30-/m0/s1. The number of hydrogen-bond acceptors (Lipinski definition) is 7. The van der Waals surface area contributed by atoms with Gasteiger partial charge >= 0.3 is 0 Å². The van der Waals surface area contributed by atoms with Crippen molar-refractivity contribution in [3.63, 3.8) is 0 Å². The van der Waals surface area contributed by atoms with Gasteiger partial charge in [-0.05, 0) is 89.8 Å². The lowest BCUT2D eigenvalue weighted by Crippen LogP contribution is -2.47. The summed E-state index contributed by atoms with van der Waals surface area (Å²) in [5, 5.41) is 8.20. The van der Waals surface area contributed by atoms with Gasteiger partial charge < -0.3 is 10.2 Å². The van der Waals surface area contributed by atoms with E-state index in [0.29, 0.717) is 39.3 Å². The van der Waals surface area contributed by atoms with Crippen LogP contribution in [0.5, 0.6) is 0 Å². The van der Waals surface area contributed by atoms with Crippen LogP contribution in [0.15, 0.2) is 41.3 Å². The second-order valence-electron chi connectivity index (χ2n) is 11.5. The maximum absolute atomic E-state index is 13.9. The van der Waals surface area contributed by atoms with Crippen molar-refractivity contribution in [1.82, 2.24) is 29.6 Å². The number of carbonyl (C=O) groups excluding carboxylic acids is 3. The number of likely N-dealkylation sites (tertiary alicyclic amines) is 1. The van der Waals surface area contributed by atoms with Gasteiger partial charge in [-0.25, -0.2) is 15.0 Å². The molecule has 11 heteroatoms. The van der Waals surface area contributed by atoms with Gasteiger partial charge in [-0.1, -0.05) is 13.0 Å². The third kappa shape index (κ3) is 4.81. The van der Waals surface area contributed by atoms with Crippen LogP contribution in [-0.2, 0) is 16.1 Å². The van der Waals surface area contributed by atoms with Crippen LogP contribution >= 0.6 is 15.9 Å². The number of carbonyl (C=O) groups is 3. The molecule has 4 heterocycles. The van der Waals surface area contributed by atoms with Gasteiger partial charge in [0.1, 0.15) is 34.5 Å². The Hall–Kier alpha value is -3.99. The second-order valence-corrected chi connectivity index (χ2v) is 12.3. The van der Waals surface area contributed by atoms with E-state index in [9.17, 15) is 14.4 Å². The van der Waals surface area contributed by atoms with E-state index in [1.54, 1.807) is 22.0 Å². The molecular weight excluding hydrogens is 586 g/mol. The lowest BCUT2D eigenvalue weighted by molar-refractivity contribution is -0.138. The highest BCUT2D eigenvalue weighted by Crippen LogP contribution is 2.59. The van der Waals surface area contributed by atoms with Crippen molar-refractivity contribution in [2.45, 2.75) is 66.1 Å². The van der Waals surface area contributed by atoms with E-state index in [1.807, 2.05) is 45.0 Å². The summed E-state index contributed by atoms with van der Waals surface area (Å²) in [5.74, 6) is 0.493. The molecule has 41 heavy (non-hydrogen) atoms. The number of hydrogen-bond donors (Lipinski definition) is 1. The van der Waals surface area contributed by atoms with Gasteiger partial charge in [0.05, 0.1) is 5.52 Å². The third-order valence-electron chi connectivity index (χ3n) is 8.30. The molecule has 0 bridgehead atoms. The van der Waals surface area contributed by atoms with Crippen LogP contribution in [0.3, 0.4) is 0 Å². The van der Waals surface area contributed by atoms with Gasteiger partial charge in [0.25, 0.3) is 0 Å². The number of aryl methyl sites for hydroxylation is 3. The Balaban J connectivity index is 1.32. The van der Waals surface area contributed by atoms with Crippen molar-refractivity contribution >= 4 is 50.2 Å². The summed E-state index contributed by atoms with van der Waals surface area (Å²) in [4.78, 5) is 54.7. The number of halogens is 1. The molecule has 2 fully saturated rings. The Bertz CT molecular complexity index is 1750. The average molecular weight is 617 g/mol. The summed E-state index contributed by atoms with van der Waals surface area (Å²) in [6, 6.07) is 6.95. The lowest BCUT2D eigenvalue weighted by atomic mass is 10.0. The molecule has 1 unspecified atom stereocenters. The molecule has 1 aromatic carbocycles. The molecule has 1 saturated carbocycles. The molecule has 2 aliphatic rings. The number of nitrogens with one attached hydrogen (secondary N) is 1. The minimum absolute atomic E-state index is 0.00865. The summed E-state index contributed by atoms with van der Waals surface area (Å²) < 4.78 is 2.22. The number of fused-ring (bicyclic) bond motifs is 2.